The highest BCUT2D eigenvalue weighted by Gasteiger charge is 2.12. The van der Waals surface area contributed by atoms with Gasteiger partial charge in [0.05, 0.1) is 0 Å². The van der Waals surface area contributed by atoms with Gasteiger partial charge in [-0.15, -0.1) is 0 Å². The first-order chi connectivity index (χ1) is 7.79. The van der Waals surface area contributed by atoms with E-state index in [-0.39, 0.29) is 0 Å². The summed E-state index contributed by atoms with van der Waals surface area (Å²) in [6, 6.07) is 8.21. The van der Waals surface area contributed by atoms with Crippen LogP contribution in [0.25, 0.3) is 0 Å². The number of fused-ring (bicyclic) bond motifs is 1. The van der Waals surface area contributed by atoms with Crippen LogP contribution in [0.5, 0.6) is 5.75 Å². The lowest BCUT2D eigenvalue weighted by atomic mass is 10.2. The summed E-state index contributed by atoms with van der Waals surface area (Å²) in [5, 5.41) is 3.13. The molecular formula is C13H18N2O. The van der Waals surface area contributed by atoms with Crippen molar-refractivity contribution in [3.8, 4) is 5.75 Å². The molecule has 0 fully saturated rings. The molecule has 1 aromatic rings. The minimum atomic E-state index is 0.902. The molecule has 0 spiro atoms. The molecule has 1 heterocycles. The normalized spacial score (nSPS) is 14.9. The van der Waals surface area contributed by atoms with Crippen molar-refractivity contribution in [2.24, 2.45) is 0 Å². The van der Waals surface area contributed by atoms with Gasteiger partial charge in [0.2, 0.25) is 0 Å². The predicted octanol–water partition coefficient (Wildman–Crippen LogP) is 1.96. The van der Waals surface area contributed by atoms with Crippen molar-refractivity contribution in [2.45, 2.75) is 13.0 Å². The fourth-order valence-corrected chi connectivity index (χ4v) is 1.83. The standard InChI is InChI=1S/C13H18N2O/c1-14-8-7-12-10-15(2)9-11-5-3-4-6-13(11)16-12/h3-6,10,14H,7-9H2,1-2H3. The molecule has 1 aromatic carbocycles. The summed E-state index contributed by atoms with van der Waals surface area (Å²) in [5.74, 6) is 2.00. The minimum absolute atomic E-state index is 0.902. The molecule has 0 aliphatic carbocycles. The Morgan fingerprint density at radius 1 is 1.38 bits per heavy atom. The molecule has 0 bridgehead atoms. The van der Waals surface area contributed by atoms with Gasteiger partial charge in [0.25, 0.3) is 0 Å². The van der Waals surface area contributed by atoms with E-state index >= 15 is 0 Å². The third kappa shape index (κ3) is 2.55. The summed E-state index contributed by atoms with van der Waals surface area (Å²) >= 11 is 0. The molecule has 2 rings (SSSR count). The second-order valence-electron chi connectivity index (χ2n) is 4.07. The molecule has 0 saturated carbocycles. The van der Waals surface area contributed by atoms with E-state index in [1.54, 1.807) is 0 Å². The van der Waals surface area contributed by atoms with E-state index in [9.17, 15) is 0 Å². The van der Waals surface area contributed by atoms with E-state index in [0.29, 0.717) is 0 Å². The molecule has 3 heteroatoms. The molecule has 3 nitrogen and oxygen atoms in total. The quantitative estimate of drug-likeness (QED) is 0.839. The number of hydrogen-bond donors (Lipinski definition) is 1. The average Bonchev–Trinajstić information content (AvgIpc) is 2.43. The van der Waals surface area contributed by atoms with Crippen LogP contribution in [-0.2, 0) is 6.54 Å². The Bertz CT molecular complexity index is 387. The zero-order chi connectivity index (χ0) is 11.4. The van der Waals surface area contributed by atoms with Crippen LogP contribution >= 0.6 is 0 Å². The number of ether oxygens (including phenoxy) is 1. The predicted molar refractivity (Wildman–Crippen MR) is 65.2 cm³/mol. The van der Waals surface area contributed by atoms with Gasteiger partial charge in [0, 0.05) is 38.3 Å². The van der Waals surface area contributed by atoms with E-state index in [0.717, 1.165) is 31.0 Å². The Morgan fingerprint density at radius 2 is 2.19 bits per heavy atom. The number of nitrogens with zero attached hydrogens (tertiary/aromatic N) is 1. The van der Waals surface area contributed by atoms with Gasteiger partial charge in [-0.25, -0.2) is 0 Å². The van der Waals surface area contributed by atoms with Gasteiger partial charge in [0.1, 0.15) is 11.5 Å². The maximum Gasteiger partial charge on any atom is 0.131 e. The van der Waals surface area contributed by atoms with Crippen molar-refractivity contribution in [3.63, 3.8) is 0 Å². The van der Waals surface area contributed by atoms with E-state index in [1.807, 2.05) is 19.2 Å². The Morgan fingerprint density at radius 3 is 3.00 bits per heavy atom. The molecule has 1 aliphatic rings. The maximum absolute atomic E-state index is 5.91. The second kappa shape index (κ2) is 5.03. The lowest BCUT2D eigenvalue weighted by Crippen LogP contribution is -2.12. The smallest absolute Gasteiger partial charge is 0.131 e. The Labute approximate surface area is 96.7 Å². The van der Waals surface area contributed by atoms with Crippen LogP contribution in [0.1, 0.15) is 12.0 Å². The summed E-state index contributed by atoms with van der Waals surface area (Å²) in [4.78, 5) is 2.16. The van der Waals surface area contributed by atoms with Gasteiger partial charge in [-0.3, -0.25) is 0 Å². The summed E-state index contributed by atoms with van der Waals surface area (Å²) in [6.07, 6.45) is 2.99. The van der Waals surface area contributed by atoms with Gasteiger partial charge in [0.15, 0.2) is 0 Å². The molecule has 0 saturated heterocycles. The van der Waals surface area contributed by atoms with E-state index in [4.69, 9.17) is 4.74 Å². The average molecular weight is 218 g/mol. The number of para-hydroxylation sites is 1. The van der Waals surface area contributed by atoms with Crippen LogP contribution in [0.3, 0.4) is 0 Å². The van der Waals surface area contributed by atoms with Crippen LogP contribution < -0.4 is 10.1 Å². The topological polar surface area (TPSA) is 24.5 Å². The Balaban J connectivity index is 2.18. The van der Waals surface area contributed by atoms with E-state index in [2.05, 4.69) is 35.6 Å². The Kier molecular flexibility index (Phi) is 3.47. The lowest BCUT2D eigenvalue weighted by molar-refractivity contribution is 0.390. The van der Waals surface area contributed by atoms with Crippen molar-refractivity contribution in [1.82, 2.24) is 10.2 Å². The third-order valence-electron chi connectivity index (χ3n) is 2.62. The highest BCUT2D eigenvalue weighted by molar-refractivity contribution is 5.35. The van der Waals surface area contributed by atoms with Gasteiger partial charge >= 0.3 is 0 Å². The van der Waals surface area contributed by atoms with Crippen LogP contribution in [0.2, 0.25) is 0 Å². The lowest BCUT2D eigenvalue weighted by Gasteiger charge is -2.11. The maximum atomic E-state index is 5.91. The molecular weight excluding hydrogens is 200 g/mol. The summed E-state index contributed by atoms with van der Waals surface area (Å²) < 4.78 is 5.91. The molecule has 1 aliphatic heterocycles. The molecule has 86 valence electrons. The Hall–Kier alpha value is -1.48. The summed E-state index contributed by atoms with van der Waals surface area (Å²) in [6.45, 7) is 1.83. The first kappa shape index (κ1) is 11.0. The highest BCUT2D eigenvalue weighted by Crippen LogP contribution is 2.25. The third-order valence-corrected chi connectivity index (χ3v) is 2.62. The zero-order valence-electron chi connectivity index (χ0n) is 9.86. The number of rotatable bonds is 3. The number of hydrogen-bond acceptors (Lipinski definition) is 3. The fourth-order valence-electron chi connectivity index (χ4n) is 1.83. The summed E-state index contributed by atoms with van der Waals surface area (Å²) in [7, 11) is 4.03. The van der Waals surface area contributed by atoms with Gasteiger partial charge < -0.3 is 15.0 Å². The first-order valence-corrected chi connectivity index (χ1v) is 5.61. The van der Waals surface area contributed by atoms with Crippen LogP contribution in [0.15, 0.2) is 36.2 Å². The molecule has 0 atom stereocenters. The largest absolute Gasteiger partial charge is 0.460 e. The minimum Gasteiger partial charge on any atom is -0.460 e. The van der Waals surface area contributed by atoms with Crippen LogP contribution in [0, 0.1) is 0 Å². The first-order valence-electron chi connectivity index (χ1n) is 5.61. The van der Waals surface area contributed by atoms with Crippen molar-refractivity contribution in [3.05, 3.63) is 41.8 Å². The zero-order valence-corrected chi connectivity index (χ0v) is 9.86. The molecule has 0 radical (unpaired) electrons. The molecule has 0 amide bonds. The van der Waals surface area contributed by atoms with E-state index in [1.165, 1.54) is 5.56 Å². The SMILES string of the molecule is CNCCC1=CN(C)Cc2ccccc2O1. The second-order valence-corrected chi connectivity index (χ2v) is 4.07. The highest BCUT2D eigenvalue weighted by atomic mass is 16.5. The number of benzene rings is 1. The summed E-state index contributed by atoms with van der Waals surface area (Å²) in [5.41, 5.74) is 1.24. The van der Waals surface area contributed by atoms with Gasteiger partial charge in [-0.1, -0.05) is 18.2 Å². The molecule has 0 unspecified atom stereocenters. The fraction of sp³-hybridized carbons (Fsp3) is 0.385. The van der Waals surface area contributed by atoms with Crippen molar-refractivity contribution < 1.29 is 4.74 Å². The van der Waals surface area contributed by atoms with Crippen molar-refractivity contribution >= 4 is 0 Å². The van der Waals surface area contributed by atoms with Crippen LogP contribution in [-0.4, -0.2) is 25.5 Å². The van der Waals surface area contributed by atoms with Crippen molar-refractivity contribution in [1.29, 1.82) is 0 Å². The van der Waals surface area contributed by atoms with Crippen LogP contribution in [0.4, 0.5) is 0 Å². The molecule has 1 N–H and O–H groups in total. The van der Waals surface area contributed by atoms with Gasteiger partial charge in [-0.05, 0) is 13.1 Å². The van der Waals surface area contributed by atoms with Gasteiger partial charge in [-0.2, -0.15) is 0 Å². The molecule has 0 aromatic heterocycles. The molecule has 16 heavy (non-hydrogen) atoms. The van der Waals surface area contributed by atoms with Crippen molar-refractivity contribution in [2.75, 3.05) is 20.6 Å². The monoisotopic (exact) mass is 218 g/mol. The van der Waals surface area contributed by atoms with E-state index < -0.39 is 0 Å². The number of nitrogens with one attached hydrogen (secondary N) is 1.